The van der Waals surface area contributed by atoms with Crippen molar-refractivity contribution in [1.82, 2.24) is 4.98 Å². The summed E-state index contributed by atoms with van der Waals surface area (Å²) in [5.41, 5.74) is 1.65. The van der Waals surface area contributed by atoms with Crippen molar-refractivity contribution in [3.05, 3.63) is 35.9 Å². The number of para-hydroxylation sites is 1. The second-order valence-electron chi connectivity index (χ2n) is 5.76. The fourth-order valence-electron chi connectivity index (χ4n) is 3.30. The zero-order valence-electron chi connectivity index (χ0n) is 12.5. The molecule has 1 aliphatic rings. The molecule has 1 aromatic heterocycles. The Hall–Kier alpha value is -2.08. The van der Waals surface area contributed by atoms with E-state index in [0.29, 0.717) is 6.04 Å². The van der Waals surface area contributed by atoms with Crippen LogP contribution in [0.2, 0.25) is 0 Å². The Morgan fingerprint density at radius 2 is 2.14 bits per heavy atom. The van der Waals surface area contributed by atoms with Gasteiger partial charge < -0.3 is 4.90 Å². The summed E-state index contributed by atoms with van der Waals surface area (Å²) >= 11 is 0. The summed E-state index contributed by atoms with van der Waals surface area (Å²) in [6.45, 7) is 3.30. The van der Waals surface area contributed by atoms with Gasteiger partial charge in [-0.1, -0.05) is 38.0 Å². The average molecular weight is 279 g/mol. The lowest BCUT2D eigenvalue weighted by Crippen LogP contribution is -2.35. The lowest BCUT2D eigenvalue weighted by Gasteiger charge is -2.30. The van der Waals surface area contributed by atoms with Crippen LogP contribution >= 0.6 is 0 Å². The van der Waals surface area contributed by atoms with E-state index in [1.54, 1.807) is 0 Å². The van der Waals surface area contributed by atoms with Crippen molar-refractivity contribution in [3.63, 3.8) is 0 Å². The van der Waals surface area contributed by atoms with Gasteiger partial charge in [0.1, 0.15) is 5.82 Å². The van der Waals surface area contributed by atoms with Crippen molar-refractivity contribution >= 4 is 16.7 Å². The van der Waals surface area contributed by atoms with Crippen LogP contribution in [0.15, 0.2) is 30.3 Å². The van der Waals surface area contributed by atoms with E-state index in [1.165, 1.54) is 25.7 Å². The van der Waals surface area contributed by atoms with Crippen LogP contribution in [0.25, 0.3) is 10.9 Å². The van der Waals surface area contributed by atoms with Crippen molar-refractivity contribution in [3.8, 4) is 6.07 Å². The molecule has 21 heavy (non-hydrogen) atoms. The Morgan fingerprint density at radius 1 is 1.29 bits per heavy atom. The highest BCUT2D eigenvalue weighted by Crippen LogP contribution is 2.28. The molecule has 1 aromatic carbocycles. The van der Waals surface area contributed by atoms with Gasteiger partial charge in [-0.2, -0.15) is 5.26 Å². The second kappa shape index (κ2) is 6.13. The lowest BCUT2D eigenvalue weighted by molar-refractivity contribution is 0.553. The molecule has 3 rings (SSSR count). The van der Waals surface area contributed by atoms with Gasteiger partial charge in [0.2, 0.25) is 0 Å². The minimum Gasteiger partial charge on any atom is -0.354 e. The highest BCUT2D eigenvalue weighted by atomic mass is 15.2. The molecule has 1 saturated heterocycles. The molecule has 0 spiro atoms. The van der Waals surface area contributed by atoms with E-state index in [0.717, 1.165) is 35.2 Å². The molecule has 0 saturated carbocycles. The van der Waals surface area contributed by atoms with Crippen molar-refractivity contribution in [1.29, 1.82) is 5.26 Å². The highest BCUT2D eigenvalue weighted by Gasteiger charge is 2.21. The molecule has 0 bridgehead atoms. The zero-order valence-corrected chi connectivity index (χ0v) is 12.5. The number of benzene rings is 1. The monoisotopic (exact) mass is 279 g/mol. The number of rotatable bonds is 2. The standard InChI is InChI=1S/C18H21N3/c1-2-15-8-4-3-7-11-21(15)18-12-14(13-19)16-9-5-6-10-17(16)20-18/h5-6,9-10,12,15H,2-4,7-8,11H2,1H3. The summed E-state index contributed by atoms with van der Waals surface area (Å²) in [6, 6.07) is 12.8. The third-order valence-electron chi connectivity index (χ3n) is 4.47. The number of fused-ring (bicyclic) bond motifs is 1. The predicted molar refractivity (Wildman–Crippen MR) is 86.4 cm³/mol. The van der Waals surface area contributed by atoms with Crippen LogP contribution in [0.5, 0.6) is 0 Å². The van der Waals surface area contributed by atoms with Gasteiger partial charge in [-0.05, 0) is 31.4 Å². The number of aromatic nitrogens is 1. The van der Waals surface area contributed by atoms with E-state index in [9.17, 15) is 5.26 Å². The van der Waals surface area contributed by atoms with E-state index in [1.807, 2.05) is 30.3 Å². The van der Waals surface area contributed by atoms with Crippen molar-refractivity contribution in [2.45, 2.75) is 45.1 Å². The Labute approximate surface area is 126 Å². The van der Waals surface area contributed by atoms with Gasteiger partial charge in [0.25, 0.3) is 0 Å². The van der Waals surface area contributed by atoms with E-state index in [-0.39, 0.29) is 0 Å². The molecule has 0 aliphatic carbocycles. The summed E-state index contributed by atoms with van der Waals surface area (Å²) in [7, 11) is 0. The predicted octanol–water partition coefficient (Wildman–Crippen LogP) is 4.27. The number of anilines is 1. The zero-order chi connectivity index (χ0) is 14.7. The van der Waals surface area contributed by atoms with Gasteiger partial charge in [-0.25, -0.2) is 4.98 Å². The molecule has 1 unspecified atom stereocenters. The topological polar surface area (TPSA) is 39.9 Å². The number of nitriles is 1. The number of nitrogens with zero attached hydrogens (tertiary/aromatic N) is 3. The summed E-state index contributed by atoms with van der Waals surface area (Å²) in [4.78, 5) is 7.24. The second-order valence-corrected chi connectivity index (χ2v) is 5.76. The first-order chi connectivity index (χ1) is 10.3. The number of hydrogen-bond acceptors (Lipinski definition) is 3. The average Bonchev–Trinajstić information content (AvgIpc) is 2.79. The third-order valence-corrected chi connectivity index (χ3v) is 4.47. The smallest absolute Gasteiger partial charge is 0.130 e. The molecular weight excluding hydrogens is 258 g/mol. The Morgan fingerprint density at radius 3 is 2.95 bits per heavy atom. The molecule has 0 amide bonds. The van der Waals surface area contributed by atoms with Crippen molar-refractivity contribution in [2.75, 3.05) is 11.4 Å². The van der Waals surface area contributed by atoms with E-state index >= 15 is 0 Å². The van der Waals surface area contributed by atoms with Crippen LogP contribution in [0.4, 0.5) is 5.82 Å². The summed E-state index contributed by atoms with van der Waals surface area (Å²) in [6.07, 6.45) is 6.18. The number of hydrogen-bond donors (Lipinski definition) is 0. The van der Waals surface area contributed by atoms with Gasteiger partial charge in [-0.3, -0.25) is 0 Å². The third kappa shape index (κ3) is 2.71. The fraction of sp³-hybridized carbons (Fsp3) is 0.444. The van der Waals surface area contributed by atoms with Crippen LogP contribution < -0.4 is 4.90 Å². The number of pyridine rings is 1. The van der Waals surface area contributed by atoms with Gasteiger partial charge in [0.05, 0.1) is 17.1 Å². The van der Waals surface area contributed by atoms with Crippen LogP contribution in [0, 0.1) is 11.3 Å². The molecule has 1 atom stereocenters. The quantitative estimate of drug-likeness (QED) is 0.824. The van der Waals surface area contributed by atoms with Gasteiger partial charge >= 0.3 is 0 Å². The largest absolute Gasteiger partial charge is 0.354 e. The van der Waals surface area contributed by atoms with Crippen LogP contribution in [-0.4, -0.2) is 17.6 Å². The molecule has 3 heteroatoms. The maximum absolute atomic E-state index is 9.44. The maximum atomic E-state index is 9.44. The molecule has 1 fully saturated rings. The summed E-state index contributed by atoms with van der Waals surface area (Å²) in [5.74, 6) is 0.971. The van der Waals surface area contributed by atoms with Gasteiger partial charge in [-0.15, -0.1) is 0 Å². The molecule has 2 heterocycles. The van der Waals surface area contributed by atoms with Gasteiger partial charge in [0, 0.05) is 18.0 Å². The minimum absolute atomic E-state index is 0.549. The first-order valence-corrected chi connectivity index (χ1v) is 7.90. The molecule has 1 aliphatic heterocycles. The van der Waals surface area contributed by atoms with Crippen molar-refractivity contribution in [2.24, 2.45) is 0 Å². The minimum atomic E-state index is 0.549. The Balaban J connectivity index is 2.08. The van der Waals surface area contributed by atoms with Crippen LogP contribution in [0.1, 0.15) is 44.6 Å². The van der Waals surface area contributed by atoms with Crippen LogP contribution in [-0.2, 0) is 0 Å². The lowest BCUT2D eigenvalue weighted by atomic mass is 10.1. The summed E-state index contributed by atoms with van der Waals surface area (Å²) in [5, 5.41) is 10.4. The highest BCUT2D eigenvalue weighted by molar-refractivity contribution is 5.86. The van der Waals surface area contributed by atoms with Gasteiger partial charge in [0.15, 0.2) is 0 Å². The van der Waals surface area contributed by atoms with E-state index in [2.05, 4.69) is 17.9 Å². The fourth-order valence-corrected chi connectivity index (χ4v) is 3.30. The summed E-state index contributed by atoms with van der Waals surface area (Å²) < 4.78 is 0. The Bertz CT molecular complexity index is 672. The molecule has 2 aromatic rings. The SMILES string of the molecule is CCC1CCCCCN1c1cc(C#N)c2ccccc2n1. The first kappa shape index (κ1) is 13.9. The normalized spacial score (nSPS) is 19.2. The molecule has 0 N–H and O–H groups in total. The molecule has 0 radical (unpaired) electrons. The molecule has 108 valence electrons. The van der Waals surface area contributed by atoms with E-state index in [4.69, 9.17) is 4.98 Å². The first-order valence-electron chi connectivity index (χ1n) is 7.90. The maximum Gasteiger partial charge on any atom is 0.130 e. The molecular formula is C18H21N3. The van der Waals surface area contributed by atoms with Crippen molar-refractivity contribution < 1.29 is 0 Å². The Kier molecular flexibility index (Phi) is 4.06. The molecule has 3 nitrogen and oxygen atoms in total. The van der Waals surface area contributed by atoms with Crippen LogP contribution in [0.3, 0.4) is 0 Å². The van der Waals surface area contributed by atoms with E-state index < -0.39 is 0 Å².